The third-order valence-corrected chi connectivity index (χ3v) is 3.02. The van der Waals surface area contributed by atoms with E-state index in [0.29, 0.717) is 24.9 Å². The summed E-state index contributed by atoms with van der Waals surface area (Å²) in [6, 6.07) is 0. The second-order valence-electron chi connectivity index (χ2n) is 3.98. The molecule has 2 nitrogen and oxygen atoms in total. The second kappa shape index (κ2) is 5.84. The van der Waals surface area contributed by atoms with Gasteiger partial charge in [0.05, 0.1) is 6.61 Å². The summed E-state index contributed by atoms with van der Waals surface area (Å²) in [5.74, 6) is 1.16. The minimum atomic E-state index is -0.0338. The molecule has 1 saturated carbocycles. The van der Waals surface area contributed by atoms with Crippen LogP contribution < -0.4 is 0 Å². The highest BCUT2D eigenvalue weighted by molar-refractivity contribution is 5.69. The van der Waals surface area contributed by atoms with Gasteiger partial charge in [-0.1, -0.05) is 12.5 Å². The lowest BCUT2D eigenvalue weighted by Crippen LogP contribution is -2.14. The summed E-state index contributed by atoms with van der Waals surface area (Å²) in [5.41, 5.74) is 0. The Balaban J connectivity index is 2.34. The Labute approximate surface area is 86.3 Å². The molecule has 80 valence electrons. The first-order valence-electron chi connectivity index (χ1n) is 5.54. The van der Waals surface area contributed by atoms with Crippen LogP contribution in [0.4, 0.5) is 0 Å². The van der Waals surface area contributed by atoms with Crippen LogP contribution in [0.15, 0.2) is 12.7 Å². The fraction of sp³-hybridized carbons (Fsp3) is 0.750. The summed E-state index contributed by atoms with van der Waals surface area (Å²) in [4.78, 5) is 11.3. The summed E-state index contributed by atoms with van der Waals surface area (Å²) in [6.45, 7) is 6.11. The smallest absolute Gasteiger partial charge is 0.306 e. The van der Waals surface area contributed by atoms with E-state index in [4.69, 9.17) is 4.74 Å². The van der Waals surface area contributed by atoms with Crippen LogP contribution in [0.2, 0.25) is 0 Å². The van der Waals surface area contributed by atoms with Gasteiger partial charge in [0.1, 0.15) is 0 Å². The molecule has 0 aromatic heterocycles. The van der Waals surface area contributed by atoms with Crippen molar-refractivity contribution in [2.75, 3.05) is 6.61 Å². The molecule has 0 bridgehead atoms. The van der Waals surface area contributed by atoms with E-state index < -0.39 is 0 Å². The standard InChI is InChI=1S/C12H20O2/c1-3-6-10-7-5-8-11(10)9-12(13)14-4-2/h3,10-11H,1,4-9H2,2H3/t10-,11+/m1/s1. The summed E-state index contributed by atoms with van der Waals surface area (Å²) in [7, 11) is 0. The molecule has 14 heavy (non-hydrogen) atoms. The highest BCUT2D eigenvalue weighted by atomic mass is 16.5. The van der Waals surface area contributed by atoms with Crippen LogP contribution in [0, 0.1) is 11.8 Å². The Morgan fingerprint density at radius 2 is 2.21 bits per heavy atom. The van der Waals surface area contributed by atoms with Crippen molar-refractivity contribution in [3.8, 4) is 0 Å². The molecule has 2 atom stereocenters. The predicted molar refractivity (Wildman–Crippen MR) is 56.9 cm³/mol. The van der Waals surface area contributed by atoms with Crippen molar-refractivity contribution in [2.45, 2.75) is 39.0 Å². The number of esters is 1. The third kappa shape index (κ3) is 3.17. The predicted octanol–water partition coefficient (Wildman–Crippen LogP) is 2.93. The zero-order valence-corrected chi connectivity index (χ0v) is 9.00. The molecule has 1 aliphatic rings. The van der Waals surface area contributed by atoms with Crippen molar-refractivity contribution in [3.05, 3.63) is 12.7 Å². The van der Waals surface area contributed by atoms with Gasteiger partial charge in [-0.2, -0.15) is 0 Å². The van der Waals surface area contributed by atoms with Crippen LogP contribution in [-0.2, 0) is 9.53 Å². The summed E-state index contributed by atoms with van der Waals surface area (Å²) >= 11 is 0. The number of carbonyl (C=O) groups excluding carboxylic acids is 1. The number of hydrogen-bond donors (Lipinski definition) is 0. The van der Waals surface area contributed by atoms with Crippen LogP contribution in [0.5, 0.6) is 0 Å². The van der Waals surface area contributed by atoms with Crippen LogP contribution in [-0.4, -0.2) is 12.6 Å². The molecule has 0 saturated heterocycles. The average Bonchev–Trinajstić information content (AvgIpc) is 2.54. The van der Waals surface area contributed by atoms with Crippen molar-refractivity contribution in [1.29, 1.82) is 0 Å². The van der Waals surface area contributed by atoms with Gasteiger partial charge in [-0.15, -0.1) is 6.58 Å². The monoisotopic (exact) mass is 196 g/mol. The highest BCUT2D eigenvalue weighted by Gasteiger charge is 2.28. The minimum absolute atomic E-state index is 0.0338. The summed E-state index contributed by atoms with van der Waals surface area (Å²) in [6.07, 6.45) is 7.29. The van der Waals surface area contributed by atoms with Crippen molar-refractivity contribution >= 4 is 5.97 Å². The Morgan fingerprint density at radius 1 is 1.50 bits per heavy atom. The van der Waals surface area contributed by atoms with Crippen molar-refractivity contribution < 1.29 is 9.53 Å². The first-order valence-corrected chi connectivity index (χ1v) is 5.54. The van der Waals surface area contributed by atoms with E-state index in [9.17, 15) is 4.79 Å². The van der Waals surface area contributed by atoms with E-state index in [0.717, 1.165) is 6.42 Å². The van der Waals surface area contributed by atoms with Crippen LogP contribution in [0.25, 0.3) is 0 Å². The SMILES string of the molecule is C=CC[C@@H]1CCC[C@H]1CC(=O)OCC. The fourth-order valence-electron chi connectivity index (χ4n) is 2.34. The van der Waals surface area contributed by atoms with E-state index in [1.54, 1.807) is 0 Å². The zero-order valence-electron chi connectivity index (χ0n) is 9.00. The Bertz CT molecular complexity index is 198. The first-order chi connectivity index (χ1) is 6.77. The zero-order chi connectivity index (χ0) is 10.4. The van der Waals surface area contributed by atoms with Gasteiger partial charge in [-0.3, -0.25) is 4.79 Å². The van der Waals surface area contributed by atoms with Gasteiger partial charge in [0.2, 0.25) is 0 Å². The number of ether oxygens (including phenoxy) is 1. The summed E-state index contributed by atoms with van der Waals surface area (Å²) in [5, 5.41) is 0. The Hall–Kier alpha value is -0.790. The number of carbonyl (C=O) groups is 1. The van der Waals surface area contributed by atoms with E-state index in [2.05, 4.69) is 6.58 Å². The molecule has 0 N–H and O–H groups in total. The van der Waals surface area contributed by atoms with Crippen molar-refractivity contribution in [3.63, 3.8) is 0 Å². The van der Waals surface area contributed by atoms with Gasteiger partial charge in [-0.05, 0) is 38.0 Å². The fourth-order valence-corrected chi connectivity index (χ4v) is 2.34. The maximum Gasteiger partial charge on any atom is 0.306 e. The number of rotatable bonds is 5. The maximum atomic E-state index is 11.3. The quantitative estimate of drug-likeness (QED) is 0.499. The molecule has 0 aromatic rings. The lowest BCUT2D eigenvalue weighted by molar-refractivity contribution is -0.144. The average molecular weight is 196 g/mol. The van der Waals surface area contributed by atoms with Crippen LogP contribution in [0.3, 0.4) is 0 Å². The van der Waals surface area contributed by atoms with Gasteiger partial charge < -0.3 is 4.74 Å². The molecule has 0 heterocycles. The molecule has 0 aromatic carbocycles. The van der Waals surface area contributed by atoms with Gasteiger partial charge in [0.15, 0.2) is 0 Å². The largest absolute Gasteiger partial charge is 0.466 e. The second-order valence-corrected chi connectivity index (χ2v) is 3.98. The van der Waals surface area contributed by atoms with Crippen molar-refractivity contribution in [2.24, 2.45) is 11.8 Å². The molecule has 2 heteroatoms. The normalized spacial score (nSPS) is 26.1. The van der Waals surface area contributed by atoms with Crippen LogP contribution in [0.1, 0.15) is 39.0 Å². The first kappa shape index (κ1) is 11.3. The molecule has 1 aliphatic carbocycles. The molecule has 1 rings (SSSR count). The Kier molecular flexibility index (Phi) is 4.71. The van der Waals surface area contributed by atoms with Crippen molar-refractivity contribution in [1.82, 2.24) is 0 Å². The van der Waals surface area contributed by atoms with E-state index in [1.165, 1.54) is 19.3 Å². The Morgan fingerprint density at radius 3 is 2.86 bits per heavy atom. The number of allylic oxidation sites excluding steroid dienone is 1. The lowest BCUT2D eigenvalue weighted by Gasteiger charge is -2.16. The molecular formula is C12H20O2. The van der Waals surface area contributed by atoms with Gasteiger partial charge in [0.25, 0.3) is 0 Å². The molecule has 0 aliphatic heterocycles. The van der Waals surface area contributed by atoms with E-state index in [1.807, 2.05) is 13.0 Å². The highest BCUT2D eigenvalue weighted by Crippen LogP contribution is 2.36. The van der Waals surface area contributed by atoms with Crippen LogP contribution >= 0.6 is 0 Å². The molecule has 0 spiro atoms. The molecule has 0 radical (unpaired) electrons. The minimum Gasteiger partial charge on any atom is -0.466 e. The van der Waals surface area contributed by atoms with Gasteiger partial charge in [0, 0.05) is 6.42 Å². The summed E-state index contributed by atoms with van der Waals surface area (Å²) < 4.78 is 4.97. The van der Waals surface area contributed by atoms with E-state index >= 15 is 0 Å². The third-order valence-electron chi connectivity index (χ3n) is 3.02. The maximum absolute atomic E-state index is 11.3. The van der Waals surface area contributed by atoms with Gasteiger partial charge in [-0.25, -0.2) is 0 Å². The topological polar surface area (TPSA) is 26.3 Å². The molecular weight excluding hydrogens is 176 g/mol. The van der Waals surface area contributed by atoms with E-state index in [-0.39, 0.29) is 5.97 Å². The number of hydrogen-bond acceptors (Lipinski definition) is 2. The lowest BCUT2D eigenvalue weighted by atomic mass is 9.90. The molecule has 0 amide bonds. The molecule has 0 unspecified atom stereocenters. The van der Waals surface area contributed by atoms with Gasteiger partial charge >= 0.3 is 5.97 Å². The molecule has 1 fully saturated rings.